The largest absolute Gasteiger partial charge is 0.494 e. The molecule has 0 saturated heterocycles. The molecule has 0 unspecified atom stereocenters. The number of ether oxygens (including phenoxy) is 1. The van der Waals surface area contributed by atoms with Gasteiger partial charge >= 0.3 is 0 Å². The quantitative estimate of drug-likeness (QED) is 0.795. The SMILES string of the molecule is CCOc1cccc(NCC(C)(C)CCC#N)c1. The van der Waals surface area contributed by atoms with Gasteiger partial charge in [0.05, 0.1) is 12.7 Å². The summed E-state index contributed by atoms with van der Waals surface area (Å²) in [6.07, 6.45) is 1.51. The molecule has 0 heterocycles. The summed E-state index contributed by atoms with van der Waals surface area (Å²) in [5.74, 6) is 0.886. The van der Waals surface area contributed by atoms with E-state index in [2.05, 4.69) is 25.2 Å². The molecule has 0 aromatic heterocycles. The zero-order chi connectivity index (χ0) is 13.4. The predicted octanol–water partition coefficient (Wildman–Crippen LogP) is 3.83. The fraction of sp³-hybridized carbons (Fsp3) is 0.533. The molecule has 1 N–H and O–H groups in total. The fourth-order valence-corrected chi connectivity index (χ4v) is 1.69. The molecule has 18 heavy (non-hydrogen) atoms. The maximum atomic E-state index is 8.62. The van der Waals surface area contributed by atoms with Crippen LogP contribution in [0.4, 0.5) is 5.69 Å². The molecule has 0 amide bonds. The second kappa shape index (κ2) is 6.90. The predicted molar refractivity (Wildman–Crippen MR) is 74.7 cm³/mol. The lowest BCUT2D eigenvalue weighted by atomic mass is 9.88. The normalized spacial score (nSPS) is 10.8. The van der Waals surface area contributed by atoms with Crippen LogP contribution in [-0.2, 0) is 0 Å². The Morgan fingerprint density at radius 3 is 2.83 bits per heavy atom. The van der Waals surface area contributed by atoms with Crippen molar-refractivity contribution in [2.75, 3.05) is 18.5 Å². The first-order valence-corrected chi connectivity index (χ1v) is 6.41. The van der Waals surface area contributed by atoms with Crippen LogP contribution in [0.2, 0.25) is 0 Å². The number of hydrogen-bond acceptors (Lipinski definition) is 3. The van der Waals surface area contributed by atoms with Crippen molar-refractivity contribution in [2.45, 2.75) is 33.6 Å². The molecule has 3 nitrogen and oxygen atoms in total. The van der Waals surface area contributed by atoms with E-state index in [1.165, 1.54) is 0 Å². The van der Waals surface area contributed by atoms with Crippen LogP contribution in [0.25, 0.3) is 0 Å². The van der Waals surface area contributed by atoms with Gasteiger partial charge in [-0.05, 0) is 30.9 Å². The number of nitrogens with one attached hydrogen (secondary N) is 1. The van der Waals surface area contributed by atoms with Crippen molar-refractivity contribution < 1.29 is 4.74 Å². The van der Waals surface area contributed by atoms with E-state index in [4.69, 9.17) is 10.00 Å². The van der Waals surface area contributed by atoms with E-state index in [-0.39, 0.29) is 5.41 Å². The minimum atomic E-state index is 0.122. The van der Waals surface area contributed by atoms with Crippen molar-refractivity contribution in [3.8, 4) is 11.8 Å². The molecule has 0 atom stereocenters. The molecule has 0 aliphatic carbocycles. The lowest BCUT2D eigenvalue weighted by Gasteiger charge is -2.24. The Morgan fingerprint density at radius 1 is 1.39 bits per heavy atom. The highest BCUT2D eigenvalue weighted by Gasteiger charge is 2.16. The summed E-state index contributed by atoms with van der Waals surface area (Å²) >= 11 is 0. The van der Waals surface area contributed by atoms with Crippen LogP contribution in [0.1, 0.15) is 33.6 Å². The van der Waals surface area contributed by atoms with Crippen LogP contribution in [0.15, 0.2) is 24.3 Å². The maximum Gasteiger partial charge on any atom is 0.121 e. The number of hydrogen-bond donors (Lipinski definition) is 1. The number of anilines is 1. The molecule has 0 spiro atoms. The van der Waals surface area contributed by atoms with Gasteiger partial charge in [0.15, 0.2) is 0 Å². The number of nitriles is 1. The first-order valence-electron chi connectivity index (χ1n) is 6.41. The van der Waals surface area contributed by atoms with Gasteiger partial charge < -0.3 is 10.1 Å². The summed E-state index contributed by atoms with van der Waals surface area (Å²) in [6, 6.07) is 10.2. The topological polar surface area (TPSA) is 45.0 Å². The van der Waals surface area contributed by atoms with Gasteiger partial charge in [-0.15, -0.1) is 0 Å². The summed E-state index contributed by atoms with van der Waals surface area (Å²) in [6.45, 7) is 7.85. The van der Waals surface area contributed by atoms with E-state index < -0.39 is 0 Å². The van der Waals surface area contributed by atoms with Crippen molar-refractivity contribution in [2.24, 2.45) is 5.41 Å². The molecule has 1 rings (SSSR count). The van der Waals surface area contributed by atoms with E-state index in [1.807, 2.05) is 31.2 Å². The zero-order valence-electron chi connectivity index (χ0n) is 11.5. The van der Waals surface area contributed by atoms with Gasteiger partial charge in [-0.2, -0.15) is 5.26 Å². The molecule has 1 aromatic rings. The standard InChI is InChI=1S/C15H22N2O/c1-4-18-14-8-5-7-13(11-14)17-12-15(2,3)9-6-10-16/h5,7-8,11,17H,4,6,9,12H2,1-3H3. The minimum absolute atomic E-state index is 0.122. The van der Waals surface area contributed by atoms with Crippen molar-refractivity contribution >= 4 is 5.69 Å². The zero-order valence-corrected chi connectivity index (χ0v) is 11.5. The van der Waals surface area contributed by atoms with E-state index in [0.29, 0.717) is 13.0 Å². The third-order valence-corrected chi connectivity index (χ3v) is 2.83. The average Bonchev–Trinajstić information content (AvgIpc) is 2.35. The van der Waals surface area contributed by atoms with Crippen LogP contribution >= 0.6 is 0 Å². The van der Waals surface area contributed by atoms with Gasteiger partial charge in [0, 0.05) is 24.7 Å². The molecule has 0 aliphatic rings. The highest BCUT2D eigenvalue weighted by atomic mass is 16.5. The molecule has 0 radical (unpaired) electrons. The van der Waals surface area contributed by atoms with Gasteiger partial charge in [0.25, 0.3) is 0 Å². The van der Waals surface area contributed by atoms with Crippen molar-refractivity contribution in [1.29, 1.82) is 5.26 Å². The molecular weight excluding hydrogens is 224 g/mol. The highest BCUT2D eigenvalue weighted by Crippen LogP contribution is 2.24. The summed E-state index contributed by atoms with van der Waals surface area (Å²) < 4.78 is 5.46. The Bertz CT molecular complexity index is 407. The van der Waals surface area contributed by atoms with Crippen LogP contribution in [0, 0.1) is 16.7 Å². The summed E-state index contributed by atoms with van der Waals surface area (Å²) in [4.78, 5) is 0. The van der Waals surface area contributed by atoms with Gasteiger partial charge in [-0.1, -0.05) is 19.9 Å². The maximum absolute atomic E-state index is 8.62. The first kappa shape index (κ1) is 14.4. The van der Waals surface area contributed by atoms with Crippen LogP contribution in [0.3, 0.4) is 0 Å². The van der Waals surface area contributed by atoms with E-state index >= 15 is 0 Å². The molecule has 3 heteroatoms. The molecule has 0 fully saturated rings. The van der Waals surface area contributed by atoms with Crippen LogP contribution < -0.4 is 10.1 Å². The third-order valence-electron chi connectivity index (χ3n) is 2.83. The number of rotatable bonds is 7. The van der Waals surface area contributed by atoms with E-state index in [9.17, 15) is 0 Å². The van der Waals surface area contributed by atoms with Gasteiger partial charge in [-0.3, -0.25) is 0 Å². The van der Waals surface area contributed by atoms with Gasteiger partial charge in [-0.25, -0.2) is 0 Å². The number of benzene rings is 1. The molecule has 1 aromatic carbocycles. The Morgan fingerprint density at radius 2 is 2.17 bits per heavy atom. The van der Waals surface area contributed by atoms with Crippen molar-refractivity contribution in [3.05, 3.63) is 24.3 Å². The Kier molecular flexibility index (Phi) is 5.51. The second-order valence-electron chi connectivity index (χ2n) is 5.14. The summed E-state index contributed by atoms with van der Waals surface area (Å²) in [5, 5.41) is 12.0. The van der Waals surface area contributed by atoms with E-state index in [1.54, 1.807) is 0 Å². The average molecular weight is 246 g/mol. The number of nitrogens with zero attached hydrogens (tertiary/aromatic N) is 1. The molecule has 0 bridgehead atoms. The fourth-order valence-electron chi connectivity index (χ4n) is 1.69. The Hall–Kier alpha value is -1.69. The molecule has 98 valence electrons. The molecule has 0 saturated carbocycles. The molecule has 0 aliphatic heterocycles. The lowest BCUT2D eigenvalue weighted by Crippen LogP contribution is -2.22. The third kappa shape index (κ3) is 5.09. The first-order chi connectivity index (χ1) is 8.57. The smallest absolute Gasteiger partial charge is 0.121 e. The van der Waals surface area contributed by atoms with Crippen LogP contribution in [0.5, 0.6) is 5.75 Å². The summed E-state index contributed by atoms with van der Waals surface area (Å²) in [5.41, 5.74) is 1.18. The van der Waals surface area contributed by atoms with Gasteiger partial charge in [0.1, 0.15) is 5.75 Å². The summed E-state index contributed by atoms with van der Waals surface area (Å²) in [7, 11) is 0. The lowest BCUT2D eigenvalue weighted by molar-refractivity contribution is 0.340. The van der Waals surface area contributed by atoms with Crippen molar-refractivity contribution in [3.63, 3.8) is 0 Å². The van der Waals surface area contributed by atoms with Gasteiger partial charge in [0.2, 0.25) is 0 Å². The molecular formula is C15H22N2O. The van der Waals surface area contributed by atoms with Crippen molar-refractivity contribution in [1.82, 2.24) is 0 Å². The minimum Gasteiger partial charge on any atom is -0.494 e. The monoisotopic (exact) mass is 246 g/mol. The van der Waals surface area contributed by atoms with Crippen LogP contribution in [-0.4, -0.2) is 13.2 Å². The Labute approximate surface area is 110 Å². The van der Waals surface area contributed by atoms with E-state index in [0.717, 1.165) is 24.4 Å². The highest BCUT2D eigenvalue weighted by molar-refractivity contribution is 5.48. The Balaban J connectivity index is 2.52. The second-order valence-corrected chi connectivity index (χ2v) is 5.14.